The number of carbonyl (C=O) groups is 1. The molecule has 33 heavy (non-hydrogen) atoms. The second-order valence-electron chi connectivity index (χ2n) is 7.44. The number of amides is 1. The van der Waals surface area contributed by atoms with Crippen LogP contribution in [0.4, 0.5) is 21.6 Å². The maximum absolute atomic E-state index is 14.2. The van der Waals surface area contributed by atoms with Crippen molar-refractivity contribution in [2.75, 3.05) is 11.9 Å². The van der Waals surface area contributed by atoms with E-state index in [1.807, 2.05) is 32.0 Å². The monoisotopic (exact) mass is 449 g/mol. The van der Waals surface area contributed by atoms with Crippen LogP contribution in [0.25, 0.3) is 16.9 Å². The number of anilines is 2. The lowest BCUT2D eigenvalue weighted by molar-refractivity contribution is -0.384. The minimum atomic E-state index is -0.738. The summed E-state index contributed by atoms with van der Waals surface area (Å²) >= 11 is 0. The van der Waals surface area contributed by atoms with Crippen molar-refractivity contribution < 1.29 is 18.8 Å². The van der Waals surface area contributed by atoms with Crippen LogP contribution < -0.4 is 15.8 Å². The van der Waals surface area contributed by atoms with Crippen LogP contribution in [-0.4, -0.2) is 26.8 Å². The summed E-state index contributed by atoms with van der Waals surface area (Å²) in [5, 5.41) is 15.2. The lowest BCUT2D eigenvalue weighted by Gasteiger charge is -2.15. The molecule has 0 spiro atoms. The Bertz CT molecular complexity index is 1380. The summed E-state index contributed by atoms with van der Waals surface area (Å²) in [6.45, 7) is 3.34. The van der Waals surface area contributed by atoms with Crippen LogP contribution in [0.3, 0.4) is 0 Å². The Balaban J connectivity index is 2.02. The number of imidazole rings is 1. The highest BCUT2D eigenvalue weighted by molar-refractivity contribution is 5.88. The van der Waals surface area contributed by atoms with E-state index in [9.17, 15) is 19.3 Å². The van der Waals surface area contributed by atoms with Gasteiger partial charge in [-0.15, -0.1) is 0 Å². The van der Waals surface area contributed by atoms with Crippen LogP contribution in [0.2, 0.25) is 0 Å². The fourth-order valence-corrected chi connectivity index (χ4v) is 3.62. The highest BCUT2D eigenvalue weighted by atomic mass is 19.1. The normalized spacial score (nSPS) is 10.9. The predicted octanol–water partition coefficient (Wildman–Crippen LogP) is 4.27. The number of ether oxygens (including phenoxy) is 1. The Morgan fingerprint density at radius 3 is 2.55 bits per heavy atom. The highest BCUT2D eigenvalue weighted by Gasteiger charge is 2.27. The number of aryl methyl sites for hydroxylation is 2. The van der Waals surface area contributed by atoms with Gasteiger partial charge in [-0.3, -0.25) is 19.3 Å². The summed E-state index contributed by atoms with van der Waals surface area (Å²) in [5.41, 5.74) is 8.06. The van der Waals surface area contributed by atoms with Gasteiger partial charge in [0.2, 0.25) is 0 Å². The number of rotatable bonds is 7. The van der Waals surface area contributed by atoms with Gasteiger partial charge in [-0.2, -0.15) is 0 Å². The van der Waals surface area contributed by atoms with Gasteiger partial charge in [-0.25, -0.2) is 9.37 Å². The number of nitro benzene ring substituents is 1. The number of aromatic nitrogens is 2. The van der Waals surface area contributed by atoms with Crippen molar-refractivity contribution in [1.29, 1.82) is 0 Å². The molecule has 3 N–H and O–H groups in total. The fraction of sp³-hybridized carbons (Fsp3) is 0.130. The Morgan fingerprint density at radius 1 is 1.18 bits per heavy atom. The summed E-state index contributed by atoms with van der Waals surface area (Å²) < 4.78 is 21.1. The average molecular weight is 449 g/mol. The first-order valence-electron chi connectivity index (χ1n) is 9.96. The van der Waals surface area contributed by atoms with Crippen molar-refractivity contribution in [3.63, 3.8) is 0 Å². The summed E-state index contributed by atoms with van der Waals surface area (Å²) in [6, 6.07) is 12.7. The third-order valence-electron chi connectivity index (χ3n) is 5.11. The maximum Gasteiger partial charge on any atom is 0.282 e. The van der Waals surface area contributed by atoms with Crippen molar-refractivity contribution in [2.24, 2.45) is 5.73 Å². The third kappa shape index (κ3) is 4.18. The third-order valence-corrected chi connectivity index (χ3v) is 5.11. The molecule has 168 valence electrons. The van der Waals surface area contributed by atoms with E-state index in [1.54, 1.807) is 0 Å². The fourth-order valence-electron chi connectivity index (χ4n) is 3.62. The molecule has 0 saturated carbocycles. The Kier molecular flexibility index (Phi) is 5.65. The summed E-state index contributed by atoms with van der Waals surface area (Å²) in [7, 11) is 0. The second-order valence-corrected chi connectivity index (χ2v) is 7.44. The van der Waals surface area contributed by atoms with Crippen molar-refractivity contribution in [3.05, 3.63) is 81.8 Å². The summed E-state index contributed by atoms with van der Waals surface area (Å²) in [5.74, 6) is -0.890. The quantitative estimate of drug-likeness (QED) is 0.321. The van der Waals surface area contributed by atoms with Gasteiger partial charge in [0, 0.05) is 18.0 Å². The van der Waals surface area contributed by atoms with Crippen LogP contribution in [0.15, 0.2) is 54.7 Å². The van der Waals surface area contributed by atoms with Crippen LogP contribution in [0.5, 0.6) is 5.75 Å². The number of hydrogen-bond acceptors (Lipinski definition) is 6. The molecule has 4 rings (SSSR count). The predicted molar refractivity (Wildman–Crippen MR) is 121 cm³/mol. The topological polar surface area (TPSA) is 125 Å². The number of nitro groups is 1. The Morgan fingerprint density at radius 2 is 1.88 bits per heavy atom. The molecule has 10 heteroatoms. The largest absolute Gasteiger partial charge is 0.483 e. The minimum Gasteiger partial charge on any atom is -0.483 e. The van der Waals surface area contributed by atoms with E-state index in [-0.39, 0.29) is 22.7 Å². The zero-order valence-corrected chi connectivity index (χ0v) is 17.8. The molecule has 0 atom stereocenters. The van der Waals surface area contributed by atoms with E-state index in [2.05, 4.69) is 10.3 Å². The van der Waals surface area contributed by atoms with Gasteiger partial charge in [0.15, 0.2) is 6.61 Å². The van der Waals surface area contributed by atoms with Gasteiger partial charge in [-0.1, -0.05) is 24.3 Å². The van der Waals surface area contributed by atoms with Gasteiger partial charge in [-0.05, 0) is 43.2 Å². The van der Waals surface area contributed by atoms with Crippen LogP contribution in [0.1, 0.15) is 11.1 Å². The van der Waals surface area contributed by atoms with E-state index >= 15 is 0 Å². The van der Waals surface area contributed by atoms with Crippen LogP contribution in [-0.2, 0) is 4.79 Å². The number of primary amides is 1. The van der Waals surface area contributed by atoms with E-state index < -0.39 is 23.3 Å². The smallest absolute Gasteiger partial charge is 0.282 e. The molecule has 0 aliphatic heterocycles. The van der Waals surface area contributed by atoms with Crippen molar-refractivity contribution in [1.82, 2.24) is 9.38 Å². The first-order chi connectivity index (χ1) is 15.8. The number of carbonyl (C=O) groups excluding carboxylic acids is 1. The molecular weight excluding hydrogens is 429 g/mol. The molecule has 0 radical (unpaired) electrons. The second kappa shape index (κ2) is 8.58. The molecule has 2 aromatic carbocycles. The zero-order chi connectivity index (χ0) is 23.7. The first-order valence-corrected chi connectivity index (χ1v) is 9.96. The molecule has 1 amide bonds. The first kappa shape index (κ1) is 21.8. The summed E-state index contributed by atoms with van der Waals surface area (Å²) in [6.07, 6.45) is 1.24. The molecular formula is C23H20FN5O4. The number of halogens is 1. The Hall–Kier alpha value is -4.47. The van der Waals surface area contributed by atoms with Crippen LogP contribution >= 0.6 is 0 Å². The van der Waals surface area contributed by atoms with Crippen molar-refractivity contribution in [3.8, 4) is 17.0 Å². The molecule has 0 saturated heterocycles. The van der Waals surface area contributed by atoms with Gasteiger partial charge in [0.25, 0.3) is 11.6 Å². The number of pyridine rings is 1. The number of nitrogens with two attached hydrogens (primary N) is 1. The number of hydrogen-bond donors (Lipinski definition) is 2. The lowest BCUT2D eigenvalue weighted by Crippen LogP contribution is -2.20. The maximum atomic E-state index is 14.2. The molecule has 2 heterocycles. The van der Waals surface area contributed by atoms with Crippen molar-refractivity contribution >= 4 is 28.7 Å². The van der Waals surface area contributed by atoms with Gasteiger partial charge >= 0.3 is 0 Å². The molecule has 0 aliphatic rings. The number of benzene rings is 2. The van der Waals surface area contributed by atoms with E-state index in [0.29, 0.717) is 11.5 Å². The number of nitrogens with zero attached hydrogens (tertiary/aromatic N) is 3. The number of nitrogens with one attached hydrogen (secondary N) is 1. The molecule has 9 nitrogen and oxygen atoms in total. The number of para-hydroxylation sites is 1. The van der Waals surface area contributed by atoms with Gasteiger partial charge in [0.1, 0.15) is 34.3 Å². The standard InChI is InChI=1S/C23H20FN5O4/c1-13-5-3-6-14(2)21(13)27-23-22(26-19-10-9-15(24)11-28(19)23)20-16(29(31)32)7-4-8-17(20)33-12-18(25)30/h3-11,27H,12H2,1-2H3,(H2,25,30). The van der Waals surface area contributed by atoms with E-state index in [4.69, 9.17) is 10.5 Å². The van der Waals surface area contributed by atoms with E-state index in [0.717, 1.165) is 16.8 Å². The lowest BCUT2D eigenvalue weighted by atomic mass is 10.1. The molecule has 0 bridgehead atoms. The van der Waals surface area contributed by atoms with E-state index in [1.165, 1.54) is 40.9 Å². The van der Waals surface area contributed by atoms with Gasteiger partial charge in [0.05, 0.1) is 4.92 Å². The van der Waals surface area contributed by atoms with Gasteiger partial charge < -0.3 is 15.8 Å². The number of fused-ring (bicyclic) bond motifs is 1. The molecule has 0 unspecified atom stereocenters. The summed E-state index contributed by atoms with van der Waals surface area (Å²) in [4.78, 5) is 27.1. The highest BCUT2D eigenvalue weighted by Crippen LogP contribution is 2.43. The average Bonchev–Trinajstić information content (AvgIpc) is 3.11. The SMILES string of the molecule is Cc1cccc(C)c1Nc1c(-c2c(OCC(N)=O)cccc2[N+](=O)[O-])nc2ccc(F)cn12. The van der Waals surface area contributed by atoms with Crippen LogP contribution in [0, 0.1) is 29.8 Å². The Labute approximate surface area is 187 Å². The molecule has 2 aromatic heterocycles. The minimum absolute atomic E-state index is 0.0431. The zero-order valence-electron chi connectivity index (χ0n) is 17.8. The molecule has 0 fully saturated rings. The van der Waals surface area contributed by atoms with Crippen molar-refractivity contribution in [2.45, 2.75) is 13.8 Å². The molecule has 4 aromatic rings. The molecule has 0 aliphatic carbocycles.